The first-order chi connectivity index (χ1) is 16.6. The number of methoxy groups -OCH3 is 1. The van der Waals surface area contributed by atoms with E-state index < -0.39 is 17.8 Å². The smallest absolute Gasteiger partial charge is 0.415 e. The summed E-state index contributed by atoms with van der Waals surface area (Å²) < 4.78 is 16.8. The van der Waals surface area contributed by atoms with Gasteiger partial charge in [0.1, 0.15) is 23.5 Å². The van der Waals surface area contributed by atoms with Crippen LogP contribution in [0.15, 0.2) is 48.5 Å². The number of carbonyl (C=O) groups is 2. The number of hydrogen-bond donors (Lipinski definition) is 0. The Morgan fingerprint density at radius 1 is 1.09 bits per heavy atom. The van der Waals surface area contributed by atoms with Crippen molar-refractivity contribution in [3.63, 3.8) is 0 Å². The summed E-state index contributed by atoms with van der Waals surface area (Å²) in [6.07, 6.45) is -1.11. The van der Waals surface area contributed by atoms with Gasteiger partial charge < -0.3 is 19.1 Å². The normalized spacial score (nSPS) is 21.1. The molecule has 4 rings (SSSR count). The second-order valence-electron chi connectivity index (χ2n) is 9.76. The van der Waals surface area contributed by atoms with E-state index in [2.05, 4.69) is 4.90 Å². The molecule has 0 aliphatic carbocycles. The highest BCUT2D eigenvalue weighted by Gasteiger charge is 2.44. The molecule has 2 aromatic rings. The van der Waals surface area contributed by atoms with Crippen molar-refractivity contribution in [3.8, 4) is 5.75 Å². The summed E-state index contributed by atoms with van der Waals surface area (Å²) in [6, 6.07) is 14.5. The number of nitrogens with zero attached hydrogens (tertiary/aromatic N) is 3. The Labute approximate surface area is 211 Å². The summed E-state index contributed by atoms with van der Waals surface area (Å²) in [5.41, 5.74) is 1.11. The first-order valence-corrected chi connectivity index (χ1v) is 12.1. The molecule has 35 heavy (non-hydrogen) atoms. The molecule has 0 radical (unpaired) electrons. The molecule has 2 atom stereocenters. The van der Waals surface area contributed by atoms with E-state index in [-0.39, 0.29) is 12.1 Å². The molecular formula is C26H32ClN3O5. The molecule has 2 amide bonds. The van der Waals surface area contributed by atoms with Crippen LogP contribution in [0.3, 0.4) is 0 Å². The Morgan fingerprint density at radius 2 is 1.77 bits per heavy atom. The number of anilines is 1. The third-order valence-corrected chi connectivity index (χ3v) is 6.33. The minimum Gasteiger partial charge on any atom is -0.497 e. The van der Waals surface area contributed by atoms with Crippen LogP contribution in [-0.4, -0.2) is 73.5 Å². The average Bonchev–Trinajstić information content (AvgIpc) is 3.14. The van der Waals surface area contributed by atoms with Crippen molar-refractivity contribution in [2.75, 3.05) is 44.7 Å². The third kappa shape index (κ3) is 6.00. The molecule has 2 heterocycles. The Balaban J connectivity index is 1.52. The van der Waals surface area contributed by atoms with Crippen LogP contribution in [0.2, 0.25) is 5.02 Å². The van der Waals surface area contributed by atoms with Gasteiger partial charge in [0.2, 0.25) is 0 Å². The van der Waals surface area contributed by atoms with E-state index in [0.29, 0.717) is 49.2 Å². The fourth-order valence-electron chi connectivity index (χ4n) is 4.42. The SMILES string of the molecule is COc1cccc([C@H]2[C@H](CN3CCN(C(=O)OC(C)(C)C)CC3)OC(=O)N2c2ccc(Cl)cc2)c1. The number of amides is 2. The van der Waals surface area contributed by atoms with Gasteiger partial charge in [0.25, 0.3) is 0 Å². The van der Waals surface area contributed by atoms with E-state index in [1.807, 2.05) is 57.2 Å². The zero-order chi connectivity index (χ0) is 25.2. The highest BCUT2D eigenvalue weighted by Crippen LogP contribution is 2.39. The van der Waals surface area contributed by atoms with Crippen molar-refractivity contribution < 1.29 is 23.8 Å². The van der Waals surface area contributed by atoms with Crippen LogP contribution in [-0.2, 0) is 9.47 Å². The zero-order valence-electron chi connectivity index (χ0n) is 20.6. The van der Waals surface area contributed by atoms with E-state index in [1.54, 1.807) is 29.0 Å². The monoisotopic (exact) mass is 501 g/mol. The fraction of sp³-hybridized carbons (Fsp3) is 0.462. The van der Waals surface area contributed by atoms with E-state index in [9.17, 15) is 9.59 Å². The zero-order valence-corrected chi connectivity index (χ0v) is 21.3. The Bertz CT molecular complexity index is 1050. The van der Waals surface area contributed by atoms with Gasteiger partial charge in [0.15, 0.2) is 0 Å². The minimum atomic E-state index is -0.526. The van der Waals surface area contributed by atoms with Gasteiger partial charge in [-0.1, -0.05) is 23.7 Å². The summed E-state index contributed by atoms with van der Waals surface area (Å²) in [5.74, 6) is 0.711. The van der Waals surface area contributed by atoms with Crippen molar-refractivity contribution in [2.45, 2.75) is 38.5 Å². The quantitative estimate of drug-likeness (QED) is 0.576. The van der Waals surface area contributed by atoms with Crippen molar-refractivity contribution in [2.24, 2.45) is 0 Å². The highest BCUT2D eigenvalue weighted by molar-refractivity contribution is 6.30. The maximum absolute atomic E-state index is 13.1. The van der Waals surface area contributed by atoms with Crippen LogP contribution in [0, 0.1) is 0 Å². The van der Waals surface area contributed by atoms with Crippen molar-refractivity contribution in [3.05, 3.63) is 59.1 Å². The standard InChI is InChI=1S/C26H32ClN3O5/c1-26(2,3)35-24(31)29-14-12-28(13-15-29)17-22-23(18-6-5-7-21(16-18)33-4)30(25(32)34-22)20-10-8-19(27)9-11-20/h5-11,16,22-23H,12-15,17H2,1-4H3/t22-,23-/m0/s1. The number of hydrogen-bond acceptors (Lipinski definition) is 6. The number of carbonyl (C=O) groups excluding carboxylic acids is 2. The van der Waals surface area contributed by atoms with Gasteiger partial charge in [0, 0.05) is 43.4 Å². The molecule has 2 fully saturated rings. The highest BCUT2D eigenvalue weighted by atomic mass is 35.5. The van der Waals surface area contributed by atoms with E-state index in [1.165, 1.54) is 0 Å². The van der Waals surface area contributed by atoms with Crippen molar-refractivity contribution in [1.82, 2.24) is 9.80 Å². The molecule has 0 spiro atoms. The Kier molecular flexibility index (Phi) is 7.42. The lowest BCUT2D eigenvalue weighted by Gasteiger charge is -2.37. The summed E-state index contributed by atoms with van der Waals surface area (Å²) in [7, 11) is 1.62. The Morgan fingerprint density at radius 3 is 2.40 bits per heavy atom. The van der Waals surface area contributed by atoms with Crippen LogP contribution in [0.5, 0.6) is 5.75 Å². The molecule has 8 nitrogen and oxygen atoms in total. The molecule has 0 saturated carbocycles. The number of piperazine rings is 1. The van der Waals surface area contributed by atoms with Crippen LogP contribution < -0.4 is 9.64 Å². The molecule has 0 aromatic heterocycles. The molecule has 0 N–H and O–H groups in total. The van der Waals surface area contributed by atoms with E-state index in [4.69, 9.17) is 25.8 Å². The predicted molar refractivity (Wildman–Crippen MR) is 134 cm³/mol. The molecule has 188 valence electrons. The van der Waals surface area contributed by atoms with Crippen LogP contribution in [0.4, 0.5) is 15.3 Å². The number of cyclic esters (lactones) is 1. The lowest BCUT2D eigenvalue weighted by molar-refractivity contribution is 0.0103. The molecular weight excluding hydrogens is 470 g/mol. The average molecular weight is 502 g/mol. The lowest BCUT2D eigenvalue weighted by Crippen LogP contribution is -2.52. The van der Waals surface area contributed by atoms with E-state index >= 15 is 0 Å². The number of halogens is 1. The van der Waals surface area contributed by atoms with Crippen molar-refractivity contribution >= 4 is 29.5 Å². The molecule has 2 saturated heterocycles. The summed E-state index contributed by atoms with van der Waals surface area (Å²) in [5, 5.41) is 0.596. The lowest BCUT2D eigenvalue weighted by atomic mass is 9.99. The maximum atomic E-state index is 13.1. The van der Waals surface area contributed by atoms with E-state index in [0.717, 1.165) is 5.56 Å². The molecule has 0 bridgehead atoms. The number of benzene rings is 2. The number of ether oxygens (including phenoxy) is 3. The second-order valence-corrected chi connectivity index (χ2v) is 10.2. The van der Waals surface area contributed by atoms with Gasteiger partial charge in [-0.25, -0.2) is 9.59 Å². The second kappa shape index (κ2) is 10.3. The fourth-order valence-corrected chi connectivity index (χ4v) is 4.54. The van der Waals surface area contributed by atoms with Gasteiger partial charge in [-0.15, -0.1) is 0 Å². The van der Waals surface area contributed by atoms with Crippen LogP contribution in [0.1, 0.15) is 32.4 Å². The molecule has 2 aliphatic rings. The topological polar surface area (TPSA) is 71.5 Å². The Hall–Kier alpha value is -2.97. The van der Waals surface area contributed by atoms with Crippen molar-refractivity contribution in [1.29, 1.82) is 0 Å². The van der Waals surface area contributed by atoms with Gasteiger partial charge >= 0.3 is 12.2 Å². The molecule has 2 aliphatic heterocycles. The predicted octanol–water partition coefficient (Wildman–Crippen LogP) is 4.97. The first kappa shape index (κ1) is 25.1. The summed E-state index contributed by atoms with van der Waals surface area (Å²) in [6.45, 7) is 8.57. The number of rotatable bonds is 5. The maximum Gasteiger partial charge on any atom is 0.415 e. The third-order valence-electron chi connectivity index (χ3n) is 6.08. The van der Waals surface area contributed by atoms with Gasteiger partial charge in [-0.2, -0.15) is 0 Å². The van der Waals surface area contributed by atoms with Crippen LogP contribution >= 0.6 is 11.6 Å². The van der Waals surface area contributed by atoms with Crippen LogP contribution in [0.25, 0.3) is 0 Å². The van der Waals surface area contributed by atoms with Gasteiger partial charge in [-0.05, 0) is 62.7 Å². The largest absolute Gasteiger partial charge is 0.497 e. The molecule has 2 aromatic carbocycles. The van der Waals surface area contributed by atoms with Gasteiger partial charge in [-0.3, -0.25) is 9.80 Å². The summed E-state index contributed by atoms with van der Waals surface area (Å²) >= 11 is 6.08. The minimum absolute atomic E-state index is 0.299. The van der Waals surface area contributed by atoms with Gasteiger partial charge in [0.05, 0.1) is 7.11 Å². The summed E-state index contributed by atoms with van der Waals surface area (Å²) in [4.78, 5) is 31.1. The first-order valence-electron chi connectivity index (χ1n) is 11.7. The molecule has 0 unspecified atom stereocenters. The molecule has 9 heteroatoms.